The summed E-state index contributed by atoms with van der Waals surface area (Å²) in [5, 5.41) is 3.40. The van der Waals surface area contributed by atoms with E-state index in [-0.39, 0.29) is 17.8 Å². The Morgan fingerprint density at radius 1 is 1.06 bits per heavy atom. The first kappa shape index (κ1) is 24.6. The minimum absolute atomic E-state index is 0.0174. The van der Waals surface area contributed by atoms with Gasteiger partial charge in [-0.1, -0.05) is 49.4 Å². The molecule has 6 nitrogen and oxygen atoms in total. The number of para-hydroxylation sites is 1. The molecule has 0 amide bonds. The van der Waals surface area contributed by atoms with Crippen LogP contribution in [0.15, 0.2) is 71.1 Å². The van der Waals surface area contributed by atoms with Gasteiger partial charge in [0.25, 0.3) is 0 Å². The standard InChI is InChI=1S/C29H33NO5/c1-6-17(2)35-29(32)25-18(3)30-22-15-20(19-11-8-7-9-12-19)16-23(31)27(22)26(25)21-13-10-14-24(33-4)28(21)34-5/h7-14,17,20,26,30H,6,15-16H2,1-5H3/t17-,20+,26+/m0/s1. The maximum atomic E-state index is 13.8. The number of Topliss-reactive ketones (excluding diaryl/α,β-unsaturated/α-hetero) is 1. The van der Waals surface area contributed by atoms with Crippen LogP contribution in [0, 0.1) is 0 Å². The zero-order chi connectivity index (χ0) is 25.1. The van der Waals surface area contributed by atoms with Crippen molar-refractivity contribution < 1.29 is 23.8 Å². The van der Waals surface area contributed by atoms with Gasteiger partial charge in [-0.2, -0.15) is 0 Å². The van der Waals surface area contributed by atoms with Crippen molar-refractivity contribution in [2.75, 3.05) is 14.2 Å². The van der Waals surface area contributed by atoms with Gasteiger partial charge in [0.2, 0.25) is 0 Å². The Morgan fingerprint density at radius 2 is 1.80 bits per heavy atom. The second-order valence-electron chi connectivity index (χ2n) is 9.13. The maximum Gasteiger partial charge on any atom is 0.337 e. The highest BCUT2D eigenvalue weighted by molar-refractivity contribution is 6.04. The van der Waals surface area contributed by atoms with Gasteiger partial charge in [0.15, 0.2) is 17.3 Å². The fourth-order valence-electron chi connectivity index (χ4n) is 5.05. The molecule has 2 aliphatic rings. The lowest BCUT2D eigenvalue weighted by Crippen LogP contribution is -2.36. The maximum absolute atomic E-state index is 13.8. The molecule has 0 radical (unpaired) electrons. The van der Waals surface area contributed by atoms with E-state index in [9.17, 15) is 9.59 Å². The first-order chi connectivity index (χ1) is 16.9. The SMILES string of the molecule is CC[C@H](C)OC(=O)C1=C(C)NC2=C(C(=O)C[C@H](c3ccccc3)C2)[C@@H]1c1cccc(OC)c1OC. The van der Waals surface area contributed by atoms with Crippen molar-refractivity contribution in [3.63, 3.8) is 0 Å². The van der Waals surface area contributed by atoms with E-state index in [4.69, 9.17) is 14.2 Å². The molecule has 1 aliphatic carbocycles. The van der Waals surface area contributed by atoms with Crippen molar-refractivity contribution in [1.29, 1.82) is 0 Å². The smallest absolute Gasteiger partial charge is 0.337 e. The second-order valence-corrected chi connectivity index (χ2v) is 9.13. The van der Waals surface area contributed by atoms with E-state index in [1.807, 2.05) is 51.1 Å². The summed E-state index contributed by atoms with van der Waals surface area (Å²) in [5.74, 6) is 0.102. The Hall–Kier alpha value is -3.54. The monoisotopic (exact) mass is 475 g/mol. The van der Waals surface area contributed by atoms with E-state index in [1.54, 1.807) is 20.3 Å². The summed E-state index contributed by atoms with van der Waals surface area (Å²) in [4.78, 5) is 27.2. The minimum Gasteiger partial charge on any atom is -0.493 e. The largest absolute Gasteiger partial charge is 0.493 e. The fraction of sp³-hybridized carbons (Fsp3) is 0.379. The van der Waals surface area contributed by atoms with Gasteiger partial charge in [0.05, 0.1) is 31.8 Å². The number of dihydropyridines is 1. The molecule has 0 saturated carbocycles. The number of hydrogen-bond acceptors (Lipinski definition) is 6. The molecule has 6 heteroatoms. The zero-order valence-corrected chi connectivity index (χ0v) is 21.0. The predicted octanol–water partition coefficient (Wildman–Crippen LogP) is 5.41. The highest BCUT2D eigenvalue weighted by Crippen LogP contribution is 2.49. The van der Waals surface area contributed by atoms with Crippen LogP contribution in [0.4, 0.5) is 0 Å². The summed E-state index contributed by atoms with van der Waals surface area (Å²) in [6.45, 7) is 5.70. The number of esters is 1. The highest BCUT2D eigenvalue weighted by atomic mass is 16.5. The Bertz CT molecular complexity index is 1180. The van der Waals surface area contributed by atoms with E-state index in [1.165, 1.54) is 0 Å². The van der Waals surface area contributed by atoms with Gasteiger partial charge in [0.1, 0.15) is 0 Å². The second kappa shape index (κ2) is 10.4. The number of carbonyl (C=O) groups excluding carboxylic acids is 2. The normalized spacial score (nSPS) is 20.7. The number of ether oxygens (including phenoxy) is 3. The van der Waals surface area contributed by atoms with E-state index in [0.29, 0.717) is 53.2 Å². The molecule has 0 spiro atoms. The summed E-state index contributed by atoms with van der Waals surface area (Å²) >= 11 is 0. The Morgan fingerprint density at radius 3 is 2.46 bits per heavy atom. The number of methoxy groups -OCH3 is 2. The van der Waals surface area contributed by atoms with Crippen LogP contribution < -0.4 is 14.8 Å². The highest BCUT2D eigenvalue weighted by Gasteiger charge is 2.43. The molecule has 184 valence electrons. The molecule has 1 N–H and O–H groups in total. The molecule has 2 aromatic carbocycles. The number of allylic oxidation sites excluding steroid dienone is 3. The molecular formula is C29H33NO5. The van der Waals surface area contributed by atoms with Gasteiger partial charge in [-0.25, -0.2) is 4.79 Å². The topological polar surface area (TPSA) is 73.9 Å². The summed E-state index contributed by atoms with van der Waals surface area (Å²) in [6.07, 6.45) is 1.51. The lowest BCUT2D eigenvalue weighted by Gasteiger charge is -2.37. The van der Waals surface area contributed by atoms with Gasteiger partial charge in [-0.3, -0.25) is 4.79 Å². The van der Waals surface area contributed by atoms with E-state index >= 15 is 0 Å². The number of benzene rings is 2. The summed E-state index contributed by atoms with van der Waals surface area (Å²) in [6, 6.07) is 15.6. The lowest BCUT2D eigenvalue weighted by atomic mass is 9.71. The van der Waals surface area contributed by atoms with Gasteiger partial charge in [-0.15, -0.1) is 0 Å². The van der Waals surface area contributed by atoms with E-state index < -0.39 is 11.9 Å². The number of ketones is 1. The first-order valence-electron chi connectivity index (χ1n) is 12.1. The molecule has 0 unspecified atom stereocenters. The third-order valence-electron chi connectivity index (χ3n) is 6.95. The van der Waals surface area contributed by atoms with Crippen LogP contribution in [-0.4, -0.2) is 32.1 Å². The third-order valence-corrected chi connectivity index (χ3v) is 6.95. The van der Waals surface area contributed by atoms with Crippen LogP contribution in [0.2, 0.25) is 0 Å². The molecule has 0 saturated heterocycles. The zero-order valence-electron chi connectivity index (χ0n) is 21.0. The summed E-state index contributed by atoms with van der Waals surface area (Å²) in [7, 11) is 3.14. The average molecular weight is 476 g/mol. The Balaban J connectivity index is 1.86. The molecule has 0 fully saturated rings. The van der Waals surface area contributed by atoms with Crippen LogP contribution in [0.1, 0.15) is 63.0 Å². The molecule has 0 aromatic heterocycles. The number of nitrogens with one attached hydrogen (secondary N) is 1. The quantitative estimate of drug-likeness (QED) is 0.540. The van der Waals surface area contributed by atoms with Gasteiger partial charge >= 0.3 is 5.97 Å². The van der Waals surface area contributed by atoms with Crippen molar-refractivity contribution in [2.24, 2.45) is 0 Å². The molecule has 0 bridgehead atoms. The van der Waals surface area contributed by atoms with Crippen LogP contribution in [0.3, 0.4) is 0 Å². The molecule has 4 rings (SSSR count). The molecule has 3 atom stereocenters. The van der Waals surface area contributed by atoms with Crippen molar-refractivity contribution in [3.05, 3.63) is 82.2 Å². The number of carbonyl (C=O) groups is 2. The molecule has 2 aromatic rings. The number of rotatable bonds is 7. The average Bonchev–Trinajstić information content (AvgIpc) is 2.87. The lowest BCUT2D eigenvalue weighted by molar-refractivity contribution is -0.144. The summed E-state index contributed by atoms with van der Waals surface area (Å²) in [5.41, 5.74) is 4.42. The predicted molar refractivity (Wildman–Crippen MR) is 134 cm³/mol. The Kier molecular flexibility index (Phi) is 7.29. The van der Waals surface area contributed by atoms with Gasteiger partial charge < -0.3 is 19.5 Å². The van der Waals surface area contributed by atoms with Crippen molar-refractivity contribution in [2.45, 2.75) is 58.0 Å². The number of hydrogen-bond donors (Lipinski definition) is 1. The van der Waals surface area contributed by atoms with Crippen LogP contribution in [0.5, 0.6) is 11.5 Å². The molecule has 1 aliphatic heterocycles. The van der Waals surface area contributed by atoms with Gasteiger partial charge in [0, 0.05) is 29.0 Å². The first-order valence-corrected chi connectivity index (χ1v) is 12.1. The van der Waals surface area contributed by atoms with Crippen LogP contribution in [0.25, 0.3) is 0 Å². The molecule has 1 heterocycles. The van der Waals surface area contributed by atoms with Crippen molar-refractivity contribution in [3.8, 4) is 11.5 Å². The molecular weight excluding hydrogens is 442 g/mol. The molecule has 35 heavy (non-hydrogen) atoms. The van der Waals surface area contributed by atoms with Crippen LogP contribution >= 0.6 is 0 Å². The minimum atomic E-state index is -0.614. The fourth-order valence-corrected chi connectivity index (χ4v) is 5.05. The summed E-state index contributed by atoms with van der Waals surface area (Å²) < 4.78 is 17.0. The van der Waals surface area contributed by atoms with Crippen molar-refractivity contribution >= 4 is 11.8 Å². The third kappa shape index (κ3) is 4.70. The van der Waals surface area contributed by atoms with E-state index in [0.717, 1.165) is 11.3 Å². The van der Waals surface area contributed by atoms with E-state index in [2.05, 4.69) is 17.4 Å². The van der Waals surface area contributed by atoms with Crippen LogP contribution in [-0.2, 0) is 14.3 Å². The van der Waals surface area contributed by atoms with Gasteiger partial charge in [-0.05, 0) is 44.2 Å². The Labute approximate surface area is 207 Å². The van der Waals surface area contributed by atoms with Crippen molar-refractivity contribution in [1.82, 2.24) is 5.32 Å².